The summed E-state index contributed by atoms with van der Waals surface area (Å²) in [5, 5.41) is 19.2. The van der Waals surface area contributed by atoms with Gasteiger partial charge in [-0.2, -0.15) is 0 Å². The molecular weight excluding hydrogens is 518 g/mol. The van der Waals surface area contributed by atoms with Crippen molar-refractivity contribution < 1.29 is 15.0 Å². The second-order valence-corrected chi connectivity index (χ2v) is 14.9. The Kier molecular flexibility index (Phi) is 11.1. The van der Waals surface area contributed by atoms with E-state index in [1.807, 2.05) is 0 Å². The molecule has 0 heterocycles. The number of fused-ring (bicyclic) bond motifs is 1. The molecule has 4 nitrogen and oxygen atoms in total. The molecule has 0 aliphatic heterocycles. The van der Waals surface area contributed by atoms with Crippen LogP contribution in [0.4, 0.5) is 0 Å². The fourth-order valence-electron chi connectivity index (χ4n) is 7.78. The van der Waals surface area contributed by atoms with Crippen LogP contribution in [-0.4, -0.2) is 34.7 Å². The van der Waals surface area contributed by atoms with Gasteiger partial charge in [0, 0.05) is 13.0 Å². The average Bonchev–Trinajstić information content (AvgIpc) is 3.36. The topological polar surface area (TPSA) is 83.5 Å². The fourth-order valence-corrected chi connectivity index (χ4v) is 7.78. The van der Waals surface area contributed by atoms with Crippen molar-refractivity contribution in [3.63, 3.8) is 0 Å². The minimum absolute atomic E-state index is 0.0248. The molecule has 1 saturated carbocycles. The van der Waals surface area contributed by atoms with Crippen molar-refractivity contribution in [2.24, 2.45) is 23.5 Å². The standard InChI is InChI=1S/C38H57NO3/c1-26(41)36(39)35(42)25-31(10-6-7-23-40)29-13-8-11-27(15-17-29)28-12-9-14-30(18-16-28)32-19-20-33-34(24-32)38(4,5)22-21-37(33,2)3/h9,12,14,18-20,24,26-27,29,31,36,40-41H,6-8,10-11,13,15-17,21-23,25,39H2,1-5H3/t26-,27?,29?,31?,36+/m1/s1. The molecule has 0 aromatic heterocycles. The second-order valence-electron chi connectivity index (χ2n) is 14.9. The van der Waals surface area contributed by atoms with Gasteiger partial charge in [0.15, 0.2) is 5.78 Å². The van der Waals surface area contributed by atoms with Gasteiger partial charge in [0.1, 0.15) is 0 Å². The Balaban J connectivity index is 1.43. The van der Waals surface area contributed by atoms with Crippen LogP contribution in [0.25, 0.3) is 5.57 Å². The molecular formula is C38H57NO3. The van der Waals surface area contributed by atoms with Gasteiger partial charge in [0.25, 0.3) is 0 Å². The van der Waals surface area contributed by atoms with Crippen molar-refractivity contribution in [2.75, 3.05) is 6.61 Å². The number of hydrogen-bond donors (Lipinski definition) is 3. The molecule has 1 fully saturated rings. The van der Waals surface area contributed by atoms with Crippen LogP contribution in [0.5, 0.6) is 0 Å². The molecule has 0 radical (unpaired) electrons. The van der Waals surface area contributed by atoms with E-state index in [0.29, 0.717) is 18.3 Å². The highest BCUT2D eigenvalue weighted by molar-refractivity contribution is 5.84. The maximum atomic E-state index is 12.8. The first-order valence-corrected chi connectivity index (χ1v) is 16.7. The van der Waals surface area contributed by atoms with E-state index in [-0.39, 0.29) is 29.1 Å². The van der Waals surface area contributed by atoms with Crippen LogP contribution in [-0.2, 0) is 15.6 Å². The summed E-state index contributed by atoms with van der Waals surface area (Å²) in [4.78, 5) is 12.8. The second kappa shape index (κ2) is 14.2. The summed E-state index contributed by atoms with van der Waals surface area (Å²) in [7, 11) is 0. The zero-order valence-corrected chi connectivity index (χ0v) is 27.0. The highest BCUT2D eigenvalue weighted by Gasteiger charge is 2.37. The number of unbranched alkanes of at least 4 members (excludes halogenated alkanes) is 1. The van der Waals surface area contributed by atoms with Gasteiger partial charge in [-0.15, -0.1) is 0 Å². The lowest BCUT2D eigenvalue weighted by atomic mass is 9.63. The van der Waals surface area contributed by atoms with Crippen LogP contribution >= 0.6 is 0 Å². The molecule has 3 aliphatic carbocycles. The predicted molar refractivity (Wildman–Crippen MR) is 175 cm³/mol. The molecule has 3 aliphatic rings. The number of carbonyl (C=O) groups excluding carboxylic acids is 1. The Morgan fingerprint density at radius 2 is 1.76 bits per heavy atom. The first-order valence-electron chi connectivity index (χ1n) is 16.7. The lowest BCUT2D eigenvalue weighted by molar-refractivity contribution is -0.123. The van der Waals surface area contributed by atoms with E-state index in [9.17, 15) is 15.0 Å². The summed E-state index contributed by atoms with van der Waals surface area (Å²) in [6.07, 6.45) is 20.9. The minimum atomic E-state index is -0.818. The van der Waals surface area contributed by atoms with Crippen molar-refractivity contribution >= 4 is 11.4 Å². The fraction of sp³-hybridized carbons (Fsp3) is 0.658. The number of aliphatic hydroxyl groups is 2. The van der Waals surface area contributed by atoms with Crippen molar-refractivity contribution in [3.8, 4) is 0 Å². The number of hydrogen-bond acceptors (Lipinski definition) is 4. The Hall–Kier alpha value is -2.01. The van der Waals surface area contributed by atoms with Crippen LogP contribution < -0.4 is 5.73 Å². The monoisotopic (exact) mass is 575 g/mol. The summed E-state index contributed by atoms with van der Waals surface area (Å²) >= 11 is 0. The molecule has 0 bridgehead atoms. The molecule has 3 unspecified atom stereocenters. The Labute approximate surface area is 255 Å². The maximum Gasteiger partial charge on any atom is 0.152 e. The Bertz CT molecular complexity index is 1170. The van der Waals surface area contributed by atoms with Crippen LogP contribution in [0.3, 0.4) is 0 Å². The highest BCUT2D eigenvalue weighted by Crippen LogP contribution is 2.47. The summed E-state index contributed by atoms with van der Waals surface area (Å²) in [5.41, 5.74) is 13.7. The molecule has 4 N–H and O–H groups in total. The quantitative estimate of drug-likeness (QED) is 0.185. The van der Waals surface area contributed by atoms with Gasteiger partial charge in [0.05, 0.1) is 12.1 Å². The summed E-state index contributed by atoms with van der Waals surface area (Å²) in [6, 6.07) is 6.39. The average molecular weight is 576 g/mol. The number of allylic oxidation sites excluding steroid dienone is 6. The van der Waals surface area contributed by atoms with Crippen LogP contribution in [0, 0.1) is 17.8 Å². The van der Waals surface area contributed by atoms with E-state index < -0.39 is 12.1 Å². The van der Waals surface area contributed by atoms with E-state index in [1.165, 1.54) is 53.5 Å². The lowest BCUT2D eigenvalue weighted by Crippen LogP contribution is -2.41. The highest BCUT2D eigenvalue weighted by atomic mass is 16.3. The van der Waals surface area contributed by atoms with Crippen molar-refractivity contribution in [1.82, 2.24) is 0 Å². The summed E-state index contributed by atoms with van der Waals surface area (Å²) in [6.45, 7) is 11.4. The predicted octanol–water partition coefficient (Wildman–Crippen LogP) is 7.95. The number of rotatable bonds is 11. The number of Topliss-reactive ketones (excluding diaryl/α,β-unsaturated/α-hetero) is 1. The zero-order valence-electron chi connectivity index (χ0n) is 27.0. The minimum Gasteiger partial charge on any atom is -0.396 e. The molecule has 0 spiro atoms. The maximum absolute atomic E-state index is 12.8. The normalized spacial score (nSPS) is 25.7. The molecule has 1 aromatic carbocycles. The number of carbonyl (C=O) groups is 1. The lowest BCUT2D eigenvalue weighted by Gasteiger charge is -2.42. The largest absolute Gasteiger partial charge is 0.396 e. The molecule has 0 saturated heterocycles. The number of benzene rings is 1. The van der Waals surface area contributed by atoms with Crippen molar-refractivity contribution in [3.05, 3.63) is 64.8 Å². The smallest absolute Gasteiger partial charge is 0.152 e. The number of ketones is 1. The Morgan fingerprint density at radius 3 is 2.48 bits per heavy atom. The third-order valence-corrected chi connectivity index (χ3v) is 10.9. The van der Waals surface area contributed by atoms with E-state index in [2.05, 4.69) is 70.2 Å². The van der Waals surface area contributed by atoms with Gasteiger partial charge in [-0.1, -0.05) is 95.0 Å². The molecule has 1 aromatic rings. The third-order valence-electron chi connectivity index (χ3n) is 10.9. The first-order chi connectivity index (χ1) is 19.9. The van der Waals surface area contributed by atoms with Crippen LogP contribution in [0.2, 0.25) is 0 Å². The van der Waals surface area contributed by atoms with Gasteiger partial charge in [-0.25, -0.2) is 0 Å². The molecule has 4 rings (SSSR count). The molecule has 4 heteroatoms. The molecule has 0 amide bonds. The molecule has 42 heavy (non-hydrogen) atoms. The van der Waals surface area contributed by atoms with Crippen LogP contribution in [0.1, 0.15) is 128 Å². The van der Waals surface area contributed by atoms with E-state index >= 15 is 0 Å². The summed E-state index contributed by atoms with van der Waals surface area (Å²) in [5.74, 6) is 1.32. The Morgan fingerprint density at radius 1 is 1.02 bits per heavy atom. The molecule has 232 valence electrons. The van der Waals surface area contributed by atoms with Gasteiger partial charge in [-0.05, 0) is 109 Å². The number of nitrogens with two attached hydrogens (primary N) is 1. The molecule has 5 atom stereocenters. The third kappa shape index (κ3) is 7.92. The van der Waals surface area contributed by atoms with Gasteiger partial charge < -0.3 is 15.9 Å². The van der Waals surface area contributed by atoms with Gasteiger partial charge in [0.2, 0.25) is 0 Å². The SMILES string of the molecule is C[C@@H](O)[C@H](N)C(=O)CC(CCCCO)C1CCCC(C2=CC=CC(c3ccc4c(c3)C(C)(C)CCC4(C)C)=CC2)CC1. The van der Waals surface area contributed by atoms with Crippen molar-refractivity contribution in [1.29, 1.82) is 0 Å². The number of aliphatic hydroxyl groups excluding tert-OH is 2. The van der Waals surface area contributed by atoms with E-state index in [1.54, 1.807) is 6.92 Å². The zero-order chi connectivity index (χ0) is 30.5. The van der Waals surface area contributed by atoms with Crippen LogP contribution in [0.15, 0.2) is 48.1 Å². The van der Waals surface area contributed by atoms with Crippen molar-refractivity contribution in [2.45, 2.75) is 135 Å². The summed E-state index contributed by atoms with van der Waals surface area (Å²) < 4.78 is 0. The first kappa shape index (κ1) is 32.9. The van der Waals surface area contributed by atoms with E-state index in [0.717, 1.165) is 44.9 Å². The van der Waals surface area contributed by atoms with Gasteiger partial charge in [-0.3, -0.25) is 4.79 Å². The van der Waals surface area contributed by atoms with E-state index in [4.69, 9.17) is 5.73 Å². The van der Waals surface area contributed by atoms with Gasteiger partial charge >= 0.3 is 0 Å².